The molecule has 0 radical (unpaired) electrons. The molecule has 94 valence electrons. The Bertz CT molecular complexity index is 781. The molecule has 0 saturated carbocycles. The molecule has 3 rings (SSSR count). The van der Waals surface area contributed by atoms with Crippen LogP contribution < -0.4 is 5.73 Å². The summed E-state index contributed by atoms with van der Waals surface area (Å²) in [5.41, 5.74) is 7.91. The van der Waals surface area contributed by atoms with E-state index in [1.807, 2.05) is 12.1 Å². The quantitative estimate of drug-likeness (QED) is 0.635. The van der Waals surface area contributed by atoms with Crippen LogP contribution in [0.1, 0.15) is 10.4 Å². The Hall–Kier alpha value is -2.96. The molecule has 2 heterocycles. The number of nitrogens with two attached hydrogens (primary N) is 1. The molecule has 0 fully saturated rings. The number of fused-ring (bicyclic) bond motifs is 1. The van der Waals surface area contributed by atoms with Crippen molar-refractivity contribution in [2.24, 2.45) is 0 Å². The topological polar surface area (TPSA) is 118 Å². The molecule has 0 aliphatic carbocycles. The van der Waals surface area contributed by atoms with Gasteiger partial charge < -0.3 is 15.8 Å². The number of aromatic amines is 1. The third-order valence-corrected chi connectivity index (χ3v) is 2.73. The number of benzene rings is 1. The van der Waals surface area contributed by atoms with Crippen molar-refractivity contribution in [2.75, 3.05) is 5.73 Å². The Kier molecular flexibility index (Phi) is 2.38. The highest BCUT2D eigenvalue weighted by Crippen LogP contribution is 2.21. The average Bonchev–Trinajstić information content (AvgIpc) is 2.85. The zero-order valence-corrected chi connectivity index (χ0v) is 9.66. The molecule has 0 aliphatic heterocycles. The van der Waals surface area contributed by atoms with Crippen LogP contribution in [-0.4, -0.2) is 31.0 Å². The summed E-state index contributed by atoms with van der Waals surface area (Å²) in [6.45, 7) is 0. The number of aromatic nitrogens is 4. The fraction of sp³-hybridized carbons (Fsp3) is 0. The summed E-state index contributed by atoms with van der Waals surface area (Å²) in [5, 5.41) is 8.87. The second-order valence-corrected chi connectivity index (χ2v) is 3.93. The number of nitrogen functional groups attached to an aromatic ring is 1. The van der Waals surface area contributed by atoms with Gasteiger partial charge in [0.25, 0.3) is 0 Å². The van der Waals surface area contributed by atoms with Crippen molar-refractivity contribution >= 4 is 22.8 Å². The predicted octanol–water partition coefficient (Wildman–Crippen LogP) is 1.30. The lowest BCUT2D eigenvalue weighted by Gasteiger charge is -2.03. The van der Waals surface area contributed by atoms with Crippen LogP contribution in [-0.2, 0) is 0 Å². The van der Waals surface area contributed by atoms with E-state index < -0.39 is 5.97 Å². The van der Waals surface area contributed by atoms with Gasteiger partial charge in [0, 0.05) is 11.8 Å². The van der Waals surface area contributed by atoms with Crippen molar-refractivity contribution < 1.29 is 9.90 Å². The maximum atomic E-state index is 10.8. The number of hydrogen-bond donors (Lipinski definition) is 3. The Balaban J connectivity index is 2.10. The first-order valence-corrected chi connectivity index (χ1v) is 5.44. The average molecular weight is 255 g/mol. The van der Waals surface area contributed by atoms with Crippen LogP contribution in [0.5, 0.6) is 0 Å². The minimum Gasteiger partial charge on any atom is -0.477 e. The normalized spacial score (nSPS) is 10.7. The van der Waals surface area contributed by atoms with E-state index in [1.54, 1.807) is 12.4 Å². The van der Waals surface area contributed by atoms with Gasteiger partial charge in [0.05, 0.1) is 17.4 Å². The van der Waals surface area contributed by atoms with Gasteiger partial charge in [-0.25, -0.2) is 19.7 Å². The molecule has 0 unspecified atom stereocenters. The number of hydrogen-bond acceptors (Lipinski definition) is 5. The molecule has 3 aromatic rings. The van der Waals surface area contributed by atoms with Gasteiger partial charge in [-0.3, -0.25) is 0 Å². The van der Waals surface area contributed by atoms with E-state index in [2.05, 4.69) is 19.9 Å². The van der Waals surface area contributed by atoms with Crippen molar-refractivity contribution in [1.82, 2.24) is 19.9 Å². The molecule has 0 bridgehead atoms. The summed E-state index contributed by atoms with van der Waals surface area (Å²) >= 11 is 0. The molecule has 7 nitrogen and oxygen atoms in total. The number of nitrogens with zero attached hydrogens (tertiary/aromatic N) is 3. The number of aromatic carboxylic acids is 1. The molecule has 0 atom stereocenters. The zero-order valence-electron chi connectivity index (χ0n) is 9.66. The monoisotopic (exact) mass is 255 g/mol. The van der Waals surface area contributed by atoms with Gasteiger partial charge >= 0.3 is 5.97 Å². The number of carboxylic acids is 1. The van der Waals surface area contributed by atoms with Crippen molar-refractivity contribution in [2.45, 2.75) is 0 Å². The second kappa shape index (κ2) is 4.05. The zero-order chi connectivity index (χ0) is 13.4. The minimum absolute atomic E-state index is 0.0535. The van der Waals surface area contributed by atoms with Crippen LogP contribution in [0.4, 0.5) is 5.82 Å². The summed E-state index contributed by atoms with van der Waals surface area (Å²) in [5.74, 6) is -0.825. The summed E-state index contributed by atoms with van der Waals surface area (Å²) in [7, 11) is 0. The summed E-state index contributed by atoms with van der Waals surface area (Å²) in [6.07, 6.45) is 2.80. The highest BCUT2D eigenvalue weighted by atomic mass is 16.4. The maximum Gasteiger partial charge on any atom is 0.341 e. The van der Waals surface area contributed by atoms with Gasteiger partial charge in [0.2, 0.25) is 0 Å². The van der Waals surface area contributed by atoms with Gasteiger partial charge in [-0.05, 0) is 18.2 Å². The number of carboxylic acid groups (broad SMARTS) is 1. The minimum atomic E-state index is -1.15. The SMILES string of the molecule is Nc1nc(-c2ccc3nc[nH]c3c2)ncc1C(=O)O. The molecule has 19 heavy (non-hydrogen) atoms. The van der Waals surface area contributed by atoms with Crippen LogP contribution in [0, 0.1) is 0 Å². The predicted molar refractivity (Wildman–Crippen MR) is 68.5 cm³/mol. The number of imidazole rings is 1. The Morgan fingerprint density at radius 2 is 2.16 bits per heavy atom. The molecular formula is C12H9N5O2. The highest BCUT2D eigenvalue weighted by Gasteiger charge is 2.12. The number of H-pyrrole nitrogens is 1. The van der Waals surface area contributed by atoms with Gasteiger partial charge in [-0.2, -0.15) is 0 Å². The van der Waals surface area contributed by atoms with E-state index in [4.69, 9.17) is 10.8 Å². The van der Waals surface area contributed by atoms with Crippen molar-refractivity contribution in [3.8, 4) is 11.4 Å². The van der Waals surface area contributed by atoms with Crippen LogP contribution in [0.2, 0.25) is 0 Å². The molecule has 0 saturated heterocycles. The Morgan fingerprint density at radius 3 is 2.89 bits per heavy atom. The Labute approximate surface area is 107 Å². The third kappa shape index (κ3) is 1.86. The summed E-state index contributed by atoms with van der Waals surface area (Å²) < 4.78 is 0. The summed E-state index contributed by atoms with van der Waals surface area (Å²) in [4.78, 5) is 26.0. The van der Waals surface area contributed by atoms with E-state index in [0.29, 0.717) is 5.82 Å². The van der Waals surface area contributed by atoms with Gasteiger partial charge in [0.15, 0.2) is 5.82 Å². The standard InChI is InChI=1S/C12H9N5O2/c13-10-7(12(18)19)4-14-11(17-10)6-1-2-8-9(3-6)16-5-15-8/h1-5H,(H,15,16)(H,18,19)(H2,13,14,17). The Morgan fingerprint density at radius 1 is 1.32 bits per heavy atom. The first kappa shape index (κ1) is 11.1. The molecule has 7 heteroatoms. The molecule has 0 spiro atoms. The van der Waals surface area contributed by atoms with Crippen LogP contribution >= 0.6 is 0 Å². The first-order chi connectivity index (χ1) is 9.15. The molecule has 2 aromatic heterocycles. The van der Waals surface area contributed by atoms with Crippen LogP contribution in [0.25, 0.3) is 22.4 Å². The lowest BCUT2D eigenvalue weighted by Crippen LogP contribution is -2.06. The lowest BCUT2D eigenvalue weighted by atomic mass is 10.2. The fourth-order valence-electron chi connectivity index (χ4n) is 1.77. The highest BCUT2D eigenvalue weighted by molar-refractivity contribution is 5.92. The number of carbonyl (C=O) groups is 1. The van der Waals surface area contributed by atoms with Crippen molar-refractivity contribution in [3.05, 3.63) is 36.3 Å². The smallest absolute Gasteiger partial charge is 0.341 e. The number of anilines is 1. The molecule has 1 aromatic carbocycles. The second-order valence-electron chi connectivity index (χ2n) is 3.93. The third-order valence-electron chi connectivity index (χ3n) is 2.73. The van der Waals surface area contributed by atoms with Crippen LogP contribution in [0.15, 0.2) is 30.7 Å². The van der Waals surface area contributed by atoms with Gasteiger partial charge in [-0.1, -0.05) is 0 Å². The van der Waals surface area contributed by atoms with Gasteiger partial charge in [0.1, 0.15) is 11.4 Å². The van der Waals surface area contributed by atoms with Crippen molar-refractivity contribution in [1.29, 1.82) is 0 Å². The van der Waals surface area contributed by atoms with Crippen molar-refractivity contribution in [3.63, 3.8) is 0 Å². The van der Waals surface area contributed by atoms with E-state index in [-0.39, 0.29) is 11.4 Å². The maximum absolute atomic E-state index is 10.8. The van der Waals surface area contributed by atoms with E-state index >= 15 is 0 Å². The van der Waals surface area contributed by atoms with Crippen LogP contribution in [0.3, 0.4) is 0 Å². The van der Waals surface area contributed by atoms with E-state index in [1.165, 1.54) is 6.20 Å². The summed E-state index contributed by atoms with van der Waals surface area (Å²) in [6, 6.07) is 5.46. The molecular weight excluding hydrogens is 246 g/mol. The largest absolute Gasteiger partial charge is 0.477 e. The van der Waals surface area contributed by atoms with E-state index in [9.17, 15) is 4.79 Å². The van der Waals surface area contributed by atoms with Gasteiger partial charge in [-0.15, -0.1) is 0 Å². The molecule has 0 aliphatic rings. The first-order valence-electron chi connectivity index (χ1n) is 5.44. The number of rotatable bonds is 2. The molecule has 0 amide bonds. The van der Waals surface area contributed by atoms with E-state index in [0.717, 1.165) is 16.6 Å². The molecule has 4 N–H and O–H groups in total. The number of nitrogens with one attached hydrogen (secondary N) is 1. The lowest BCUT2D eigenvalue weighted by molar-refractivity contribution is 0.0697. The fourth-order valence-corrected chi connectivity index (χ4v) is 1.77.